The Balaban J connectivity index is 1.20. The van der Waals surface area contributed by atoms with Crippen LogP contribution in [0.5, 0.6) is 0 Å². The smallest absolute Gasteiger partial charge is 0.0797 e. The number of nitrogens with zero attached hydrogens (tertiary/aromatic N) is 2. The van der Waals surface area contributed by atoms with E-state index in [1.165, 1.54) is 97.8 Å². The van der Waals surface area contributed by atoms with Gasteiger partial charge in [0.15, 0.2) is 0 Å². The molecule has 12 aromatic rings. The minimum absolute atomic E-state index is 0.927. The molecule has 0 unspecified atom stereocenters. The molecule has 278 valence electrons. The average molecular weight is 761 g/mol. The lowest BCUT2D eigenvalue weighted by Gasteiger charge is -2.25. The molecule has 0 amide bonds. The predicted octanol–water partition coefficient (Wildman–Crippen LogP) is 15.7. The molecule has 0 atom stereocenters. The summed E-state index contributed by atoms with van der Waals surface area (Å²) in [4.78, 5) is 11.2. The Hall–Kier alpha value is -7.68. The largest absolute Gasteiger partial charge is 0.247 e. The van der Waals surface area contributed by atoms with Gasteiger partial charge in [0.1, 0.15) is 0 Å². The van der Waals surface area contributed by atoms with Gasteiger partial charge in [0.25, 0.3) is 0 Å². The summed E-state index contributed by atoms with van der Waals surface area (Å²) in [6, 6.07) is 66.5. The normalized spacial score (nSPS) is 12.8. The molecule has 0 radical (unpaired) electrons. The van der Waals surface area contributed by atoms with E-state index in [1.807, 2.05) is 0 Å². The highest BCUT2D eigenvalue weighted by atomic mass is 14.7. The molecule has 0 aliphatic heterocycles. The second-order valence-electron chi connectivity index (χ2n) is 16.2. The average Bonchev–Trinajstić information content (AvgIpc) is 3.32. The van der Waals surface area contributed by atoms with Gasteiger partial charge in [-0.25, -0.2) is 9.97 Å². The Kier molecular flexibility index (Phi) is 7.17. The lowest BCUT2D eigenvalue weighted by molar-refractivity contribution is 0.990. The molecule has 13 rings (SSSR count). The van der Waals surface area contributed by atoms with Crippen molar-refractivity contribution >= 4 is 92.5 Å². The van der Waals surface area contributed by atoms with Crippen LogP contribution in [0.2, 0.25) is 0 Å². The Morgan fingerprint density at radius 1 is 0.383 bits per heavy atom. The van der Waals surface area contributed by atoms with Crippen LogP contribution in [0.4, 0.5) is 0 Å². The summed E-state index contributed by atoms with van der Waals surface area (Å²) >= 11 is 0. The predicted molar refractivity (Wildman–Crippen MR) is 256 cm³/mol. The van der Waals surface area contributed by atoms with Crippen LogP contribution in [0, 0.1) is 0 Å². The number of rotatable bonds is 3. The van der Waals surface area contributed by atoms with Crippen LogP contribution in [-0.2, 0) is 6.42 Å². The third-order valence-electron chi connectivity index (χ3n) is 13.0. The SMILES string of the molecule is C1=Cc2c(c(-c3nc4c5ccccc5ccc4c4c3ccc3ccccc34)c3ccccc3c2-c2cc3c(-c4ccccc4)nc4ccccc4c3c3ccccc23)CC1. The molecule has 2 heterocycles. The molecule has 0 bridgehead atoms. The fourth-order valence-electron chi connectivity index (χ4n) is 10.5. The summed E-state index contributed by atoms with van der Waals surface area (Å²) in [5.74, 6) is 0. The van der Waals surface area contributed by atoms with Gasteiger partial charge < -0.3 is 0 Å². The van der Waals surface area contributed by atoms with Crippen LogP contribution in [0.15, 0.2) is 188 Å². The highest BCUT2D eigenvalue weighted by molar-refractivity contribution is 6.29. The van der Waals surface area contributed by atoms with E-state index in [0.717, 1.165) is 46.2 Å². The van der Waals surface area contributed by atoms with Crippen molar-refractivity contribution in [3.05, 3.63) is 199 Å². The molecule has 2 aromatic heterocycles. The maximum absolute atomic E-state index is 5.80. The van der Waals surface area contributed by atoms with Crippen LogP contribution in [-0.4, -0.2) is 9.97 Å². The first kappa shape index (κ1) is 33.3. The summed E-state index contributed by atoms with van der Waals surface area (Å²) in [5.41, 5.74) is 11.6. The number of aromatic nitrogens is 2. The van der Waals surface area contributed by atoms with Gasteiger partial charge in [0, 0.05) is 48.8 Å². The number of hydrogen-bond donors (Lipinski definition) is 0. The van der Waals surface area contributed by atoms with Crippen LogP contribution < -0.4 is 0 Å². The zero-order valence-electron chi connectivity index (χ0n) is 32.8. The minimum Gasteiger partial charge on any atom is -0.247 e. The first-order valence-electron chi connectivity index (χ1n) is 21.0. The Morgan fingerprint density at radius 2 is 0.983 bits per heavy atom. The van der Waals surface area contributed by atoms with E-state index in [9.17, 15) is 0 Å². The van der Waals surface area contributed by atoms with Gasteiger partial charge in [-0.05, 0) is 84.9 Å². The number of hydrogen-bond acceptors (Lipinski definition) is 2. The monoisotopic (exact) mass is 760 g/mol. The van der Waals surface area contributed by atoms with E-state index in [4.69, 9.17) is 9.97 Å². The molecular formula is C58H36N2. The Bertz CT molecular complexity index is 3820. The molecule has 1 aliphatic carbocycles. The van der Waals surface area contributed by atoms with Crippen molar-refractivity contribution in [2.45, 2.75) is 12.8 Å². The summed E-state index contributed by atoms with van der Waals surface area (Å²) in [6.45, 7) is 0. The van der Waals surface area contributed by atoms with Crippen molar-refractivity contribution in [3.63, 3.8) is 0 Å². The zero-order valence-corrected chi connectivity index (χ0v) is 32.8. The van der Waals surface area contributed by atoms with Crippen molar-refractivity contribution in [2.24, 2.45) is 0 Å². The molecule has 10 aromatic carbocycles. The van der Waals surface area contributed by atoms with E-state index in [1.54, 1.807) is 0 Å². The van der Waals surface area contributed by atoms with Crippen molar-refractivity contribution in [1.29, 1.82) is 0 Å². The Labute approximate surface area is 346 Å². The molecular weight excluding hydrogens is 725 g/mol. The van der Waals surface area contributed by atoms with Crippen LogP contribution in [0.1, 0.15) is 17.5 Å². The lowest BCUT2D eigenvalue weighted by Crippen LogP contribution is -2.04. The van der Waals surface area contributed by atoms with E-state index in [2.05, 4.69) is 194 Å². The van der Waals surface area contributed by atoms with E-state index >= 15 is 0 Å². The Morgan fingerprint density at radius 3 is 1.78 bits per heavy atom. The van der Waals surface area contributed by atoms with Gasteiger partial charge >= 0.3 is 0 Å². The lowest BCUT2D eigenvalue weighted by atomic mass is 9.79. The zero-order chi connectivity index (χ0) is 39.3. The molecule has 2 nitrogen and oxygen atoms in total. The van der Waals surface area contributed by atoms with Gasteiger partial charge in [0.2, 0.25) is 0 Å². The molecule has 60 heavy (non-hydrogen) atoms. The molecule has 0 saturated carbocycles. The van der Waals surface area contributed by atoms with Gasteiger partial charge in [-0.1, -0.05) is 182 Å². The van der Waals surface area contributed by atoms with E-state index < -0.39 is 0 Å². The highest BCUT2D eigenvalue weighted by Gasteiger charge is 2.27. The van der Waals surface area contributed by atoms with Crippen molar-refractivity contribution in [2.75, 3.05) is 0 Å². The molecule has 0 saturated heterocycles. The molecule has 0 N–H and O–H groups in total. The third-order valence-corrected chi connectivity index (χ3v) is 13.0. The maximum Gasteiger partial charge on any atom is 0.0797 e. The summed E-state index contributed by atoms with van der Waals surface area (Å²) in [7, 11) is 0. The second-order valence-corrected chi connectivity index (χ2v) is 16.2. The maximum atomic E-state index is 5.80. The second kappa shape index (κ2) is 12.9. The summed E-state index contributed by atoms with van der Waals surface area (Å²) < 4.78 is 0. The first-order chi connectivity index (χ1) is 29.8. The number of pyridine rings is 2. The summed E-state index contributed by atoms with van der Waals surface area (Å²) in [6.07, 6.45) is 6.66. The van der Waals surface area contributed by atoms with Crippen LogP contribution >= 0.6 is 0 Å². The fourth-order valence-corrected chi connectivity index (χ4v) is 10.5. The number of allylic oxidation sites excluding steroid dienone is 1. The van der Waals surface area contributed by atoms with Gasteiger partial charge in [0.05, 0.1) is 22.4 Å². The fraction of sp³-hybridized carbons (Fsp3) is 0.0345. The molecule has 0 spiro atoms. The van der Waals surface area contributed by atoms with Gasteiger partial charge in [-0.15, -0.1) is 0 Å². The van der Waals surface area contributed by atoms with Crippen molar-refractivity contribution in [1.82, 2.24) is 9.97 Å². The van der Waals surface area contributed by atoms with Crippen molar-refractivity contribution < 1.29 is 0 Å². The van der Waals surface area contributed by atoms with E-state index in [0.29, 0.717) is 0 Å². The molecule has 2 heteroatoms. The van der Waals surface area contributed by atoms with Crippen LogP contribution in [0.25, 0.3) is 126 Å². The quantitative estimate of drug-likeness (QED) is 0.168. The topological polar surface area (TPSA) is 25.8 Å². The van der Waals surface area contributed by atoms with Gasteiger partial charge in [-0.2, -0.15) is 0 Å². The van der Waals surface area contributed by atoms with Crippen molar-refractivity contribution in [3.8, 4) is 33.6 Å². The van der Waals surface area contributed by atoms with Crippen LogP contribution in [0.3, 0.4) is 0 Å². The minimum atomic E-state index is 0.927. The first-order valence-corrected chi connectivity index (χ1v) is 21.0. The third kappa shape index (κ3) is 4.76. The summed E-state index contributed by atoms with van der Waals surface area (Å²) in [5, 5.41) is 17.0. The molecule has 0 fully saturated rings. The standard InChI is InChI=1S/C58H36N2/c1-2-18-37(19-3-1)56-50-34-49(40-22-8-9-23-41(40)54(50)46-28-14-15-29-51(46)59-56)53-42-24-10-12-26-44(42)55(45-27-13-11-25-43(45)53)58-48-33-30-35-16-4-6-20-38(35)52(48)47-32-31-36-17-5-7-21-39(36)57(47)60-58/h1-12,14-26,28-34H,13,27H2. The highest BCUT2D eigenvalue weighted by Crippen LogP contribution is 2.50. The number of para-hydroxylation sites is 1. The number of benzene rings is 10. The van der Waals surface area contributed by atoms with Gasteiger partial charge in [-0.3, -0.25) is 0 Å². The molecule has 1 aliphatic rings. The van der Waals surface area contributed by atoms with E-state index in [-0.39, 0.29) is 0 Å². The number of fused-ring (bicyclic) bond motifs is 14.